The number of rotatable bonds is 2. The predicted molar refractivity (Wildman–Crippen MR) is 70.2 cm³/mol. The van der Waals surface area contributed by atoms with Gasteiger partial charge in [-0.05, 0) is 38.2 Å². The Balaban J connectivity index is 2.17. The number of benzene rings is 1. The molecule has 2 rings (SSSR count). The molecule has 88 valence electrons. The second-order valence-electron chi connectivity index (χ2n) is 4.52. The van der Waals surface area contributed by atoms with E-state index in [0.29, 0.717) is 11.1 Å². The highest BCUT2D eigenvalue weighted by molar-refractivity contribution is 6.31. The number of nitrogen functional groups attached to an aromatic ring is 1. The van der Waals surface area contributed by atoms with Gasteiger partial charge in [-0.15, -0.1) is 0 Å². The molecule has 16 heavy (non-hydrogen) atoms. The Labute approximate surface area is 102 Å². The smallest absolute Gasteiger partial charge is 0.0601 e. The van der Waals surface area contributed by atoms with Gasteiger partial charge in [0.1, 0.15) is 0 Å². The maximum absolute atomic E-state index is 5.98. The van der Waals surface area contributed by atoms with Crippen molar-refractivity contribution in [3.8, 4) is 0 Å². The first kappa shape index (κ1) is 11.6. The molecule has 1 atom stereocenters. The van der Waals surface area contributed by atoms with Crippen molar-refractivity contribution in [3.63, 3.8) is 0 Å². The van der Waals surface area contributed by atoms with Crippen molar-refractivity contribution < 1.29 is 0 Å². The van der Waals surface area contributed by atoms with Crippen LogP contribution >= 0.6 is 11.6 Å². The lowest BCUT2D eigenvalue weighted by Crippen LogP contribution is -2.34. The Morgan fingerprint density at radius 2 is 2.25 bits per heavy atom. The van der Waals surface area contributed by atoms with E-state index < -0.39 is 0 Å². The first-order valence-electron chi connectivity index (χ1n) is 5.54. The molecule has 0 radical (unpaired) electrons. The van der Waals surface area contributed by atoms with Crippen molar-refractivity contribution in [1.82, 2.24) is 4.90 Å². The lowest BCUT2D eigenvalue weighted by atomic mass is 10.2. The number of nitrogens with two attached hydrogens (primary N) is 1. The molecule has 2 N–H and O–H groups in total. The second kappa shape index (κ2) is 4.52. The summed E-state index contributed by atoms with van der Waals surface area (Å²) in [6.07, 6.45) is 1.19. The van der Waals surface area contributed by atoms with Crippen LogP contribution in [0.5, 0.6) is 0 Å². The number of likely N-dealkylation sites (tertiary alicyclic amines) is 1. The minimum absolute atomic E-state index is 0.550. The van der Waals surface area contributed by atoms with Crippen LogP contribution < -0.4 is 10.6 Å². The maximum atomic E-state index is 5.98. The summed E-state index contributed by atoms with van der Waals surface area (Å²) in [5, 5.41) is 0.693. The molecule has 1 heterocycles. The van der Waals surface area contributed by atoms with Gasteiger partial charge in [0, 0.05) is 24.7 Å². The minimum atomic E-state index is 0.550. The number of hydrogen-bond donors (Lipinski definition) is 1. The molecule has 1 aliphatic heterocycles. The van der Waals surface area contributed by atoms with Crippen LogP contribution in [-0.2, 0) is 0 Å². The van der Waals surface area contributed by atoms with Gasteiger partial charge in [-0.2, -0.15) is 0 Å². The molecule has 4 heteroatoms. The first-order valence-corrected chi connectivity index (χ1v) is 5.92. The number of halogens is 1. The Morgan fingerprint density at radius 1 is 1.50 bits per heavy atom. The van der Waals surface area contributed by atoms with E-state index in [2.05, 4.69) is 23.9 Å². The summed E-state index contributed by atoms with van der Waals surface area (Å²) in [5.41, 5.74) is 7.81. The molecule has 1 fully saturated rings. The largest absolute Gasteiger partial charge is 0.397 e. The quantitative estimate of drug-likeness (QED) is 0.802. The van der Waals surface area contributed by atoms with Crippen LogP contribution in [0.4, 0.5) is 11.4 Å². The zero-order valence-electron chi connectivity index (χ0n) is 9.78. The molecule has 1 aromatic carbocycles. The van der Waals surface area contributed by atoms with Gasteiger partial charge >= 0.3 is 0 Å². The van der Waals surface area contributed by atoms with Crippen LogP contribution in [-0.4, -0.2) is 38.1 Å². The minimum Gasteiger partial charge on any atom is -0.397 e. The van der Waals surface area contributed by atoms with E-state index in [1.165, 1.54) is 6.42 Å². The molecule has 1 aromatic rings. The van der Waals surface area contributed by atoms with Crippen molar-refractivity contribution in [3.05, 3.63) is 23.2 Å². The van der Waals surface area contributed by atoms with Crippen LogP contribution in [0.15, 0.2) is 18.2 Å². The van der Waals surface area contributed by atoms with E-state index in [-0.39, 0.29) is 0 Å². The van der Waals surface area contributed by atoms with E-state index in [1.807, 2.05) is 18.2 Å². The molecule has 0 aromatic heterocycles. The van der Waals surface area contributed by atoms with E-state index in [4.69, 9.17) is 17.3 Å². The van der Waals surface area contributed by atoms with Gasteiger partial charge in [0.25, 0.3) is 0 Å². The standard InChI is InChI=1S/C12H18ClN3/c1-15-6-5-10(8-15)16(2)12-4-3-9(13)7-11(12)14/h3-4,7,10H,5-6,8,14H2,1-2H3. The molecule has 3 nitrogen and oxygen atoms in total. The highest BCUT2D eigenvalue weighted by Gasteiger charge is 2.24. The summed E-state index contributed by atoms with van der Waals surface area (Å²) in [4.78, 5) is 4.60. The summed E-state index contributed by atoms with van der Waals surface area (Å²) >= 11 is 5.90. The van der Waals surface area contributed by atoms with Crippen molar-refractivity contribution in [1.29, 1.82) is 0 Å². The van der Waals surface area contributed by atoms with Crippen LogP contribution in [0.25, 0.3) is 0 Å². The maximum Gasteiger partial charge on any atom is 0.0601 e. The van der Waals surface area contributed by atoms with E-state index in [0.717, 1.165) is 24.5 Å². The van der Waals surface area contributed by atoms with E-state index in [1.54, 1.807) is 0 Å². The lowest BCUT2D eigenvalue weighted by molar-refractivity contribution is 0.409. The predicted octanol–water partition coefficient (Wildman–Crippen LogP) is 2.06. The van der Waals surface area contributed by atoms with Gasteiger partial charge < -0.3 is 15.5 Å². The molecule has 0 amide bonds. The monoisotopic (exact) mass is 239 g/mol. The SMILES string of the molecule is CN1CCC(N(C)c2ccc(Cl)cc2N)C1. The Hall–Kier alpha value is -0.930. The van der Waals surface area contributed by atoms with Crippen molar-refractivity contribution in [2.24, 2.45) is 0 Å². The molecule has 0 saturated carbocycles. The van der Waals surface area contributed by atoms with Gasteiger partial charge in [-0.3, -0.25) is 0 Å². The van der Waals surface area contributed by atoms with Gasteiger partial charge in [-0.1, -0.05) is 11.6 Å². The Kier molecular flexibility index (Phi) is 3.26. The molecule has 0 aliphatic carbocycles. The van der Waals surface area contributed by atoms with Crippen LogP contribution in [0, 0.1) is 0 Å². The third kappa shape index (κ3) is 2.25. The first-order chi connectivity index (χ1) is 7.58. The third-order valence-corrected chi connectivity index (χ3v) is 3.52. The summed E-state index contributed by atoms with van der Waals surface area (Å²) < 4.78 is 0. The van der Waals surface area contributed by atoms with Gasteiger partial charge in [-0.25, -0.2) is 0 Å². The van der Waals surface area contributed by atoms with Crippen LogP contribution in [0.1, 0.15) is 6.42 Å². The Morgan fingerprint density at radius 3 is 2.81 bits per heavy atom. The average molecular weight is 240 g/mol. The Bertz CT molecular complexity index is 381. The fourth-order valence-corrected chi connectivity index (χ4v) is 2.45. The van der Waals surface area contributed by atoms with Gasteiger partial charge in [0.15, 0.2) is 0 Å². The molecular weight excluding hydrogens is 222 g/mol. The summed E-state index contributed by atoms with van der Waals surface area (Å²) in [5.74, 6) is 0. The molecular formula is C12H18ClN3. The van der Waals surface area contributed by atoms with Crippen molar-refractivity contribution in [2.75, 3.05) is 37.8 Å². The van der Waals surface area contributed by atoms with Gasteiger partial charge in [0.05, 0.1) is 11.4 Å². The fraction of sp³-hybridized carbons (Fsp3) is 0.500. The molecule has 1 aliphatic rings. The summed E-state index contributed by atoms with van der Waals surface area (Å²) in [7, 11) is 4.25. The molecule has 1 unspecified atom stereocenters. The number of anilines is 2. The number of hydrogen-bond acceptors (Lipinski definition) is 3. The van der Waals surface area contributed by atoms with E-state index in [9.17, 15) is 0 Å². The summed E-state index contributed by atoms with van der Waals surface area (Å²) in [6.45, 7) is 2.25. The van der Waals surface area contributed by atoms with E-state index >= 15 is 0 Å². The zero-order valence-corrected chi connectivity index (χ0v) is 10.5. The number of nitrogens with zero attached hydrogens (tertiary/aromatic N) is 2. The second-order valence-corrected chi connectivity index (χ2v) is 4.96. The molecule has 0 bridgehead atoms. The average Bonchev–Trinajstić information content (AvgIpc) is 2.64. The van der Waals surface area contributed by atoms with Crippen LogP contribution in [0.3, 0.4) is 0 Å². The molecule has 1 saturated heterocycles. The fourth-order valence-electron chi connectivity index (χ4n) is 2.27. The van der Waals surface area contributed by atoms with Crippen molar-refractivity contribution >= 4 is 23.0 Å². The third-order valence-electron chi connectivity index (χ3n) is 3.28. The lowest BCUT2D eigenvalue weighted by Gasteiger charge is -2.27. The highest BCUT2D eigenvalue weighted by atomic mass is 35.5. The van der Waals surface area contributed by atoms with Crippen molar-refractivity contribution in [2.45, 2.75) is 12.5 Å². The molecule has 0 spiro atoms. The normalized spacial score (nSPS) is 21.3. The summed E-state index contributed by atoms with van der Waals surface area (Å²) in [6, 6.07) is 6.25. The van der Waals surface area contributed by atoms with Gasteiger partial charge in [0.2, 0.25) is 0 Å². The number of likely N-dealkylation sites (N-methyl/N-ethyl adjacent to an activating group) is 2. The highest BCUT2D eigenvalue weighted by Crippen LogP contribution is 2.28. The topological polar surface area (TPSA) is 32.5 Å². The zero-order chi connectivity index (χ0) is 11.7. The van der Waals surface area contributed by atoms with Crippen LogP contribution in [0.2, 0.25) is 5.02 Å².